The number of benzene rings is 2. The molecule has 0 aliphatic carbocycles. The molecule has 1 atom stereocenters. The number of hydrogen-bond acceptors (Lipinski definition) is 2. The smallest absolute Gasteiger partial charge is 0.126 e. The molecule has 0 bridgehead atoms. The molecule has 2 aromatic carbocycles. The van der Waals surface area contributed by atoms with Crippen molar-refractivity contribution in [3.63, 3.8) is 0 Å². The van der Waals surface area contributed by atoms with Gasteiger partial charge in [-0.2, -0.15) is 0 Å². The van der Waals surface area contributed by atoms with Gasteiger partial charge in [0.2, 0.25) is 0 Å². The van der Waals surface area contributed by atoms with E-state index in [2.05, 4.69) is 31.3 Å². The van der Waals surface area contributed by atoms with Crippen LogP contribution in [0.2, 0.25) is 0 Å². The van der Waals surface area contributed by atoms with Gasteiger partial charge in [0.05, 0.1) is 6.04 Å². The highest BCUT2D eigenvalue weighted by molar-refractivity contribution is 5.49. The number of halogens is 1. The van der Waals surface area contributed by atoms with Gasteiger partial charge in [0.15, 0.2) is 0 Å². The Morgan fingerprint density at radius 3 is 2.45 bits per heavy atom. The molecule has 0 radical (unpaired) electrons. The zero-order valence-electron chi connectivity index (χ0n) is 12.0. The van der Waals surface area contributed by atoms with Crippen LogP contribution in [-0.4, -0.2) is 5.11 Å². The minimum Gasteiger partial charge on any atom is -0.507 e. The lowest BCUT2D eigenvalue weighted by molar-refractivity contribution is 0.459. The van der Waals surface area contributed by atoms with E-state index in [1.165, 1.54) is 11.6 Å². The fourth-order valence-electron chi connectivity index (χ4n) is 2.20. The minimum absolute atomic E-state index is 0.0231. The van der Waals surface area contributed by atoms with Gasteiger partial charge in [-0.25, -0.2) is 4.39 Å². The molecule has 2 nitrogen and oxygen atoms in total. The van der Waals surface area contributed by atoms with E-state index in [0.717, 1.165) is 11.8 Å². The van der Waals surface area contributed by atoms with Crippen LogP contribution in [0.5, 0.6) is 5.75 Å². The zero-order valence-corrected chi connectivity index (χ0v) is 12.0. The van der Waals surface area contributed by atoms with Crippen LogP contribution >= 0.6 is 0 Å². The summed E-state index contributed by atoms with van der Waals surface area (Å²) in [5.41, 5.74) is 2.93. The van der Waals surface area contributed by atoms with Crippen LogP contribution < -0.4 is 5.32 Å². The molecule has 0 aromatic heterocycles. The third kappa shape index (κ3) is 3.29. The predicted octanol–water partition coefficient (Wildman–Crippen LogP) is 4.83. The van der Waals surface area contributed by atoms with Gasteiger partial charge in [0.25, 0.3) is 0 Å². The highest BCUT2D eigenvalue weighted by Crippen LogP contribution is 2.28. The lowest BCUT2D eigenvalue weighted by atomic mass is 10.0. The van der Waals surface area contributed by atoms with Gasteiger partial charge in [-0.1, -0.05) is 32.0 Å². The average Bonchev–Trinajstić information content (AvgIpc) is 2.38. The first kappa shape index (κ1) is 14.4. The molecular formula is C17H20FNO. The Morgan fingerprint density at radius 1 is 1.05 bits per heavy atom. The summed E-state index contributed by atoms with van der Waals surface area (Å²) in [6.07, 6.45) is 0. The second-order valence-electron chi connectivity index (χ2n) is 5.35. The van der Waals surface area contributed by atoms with E-state index in [-0.39, 0.29) is 11.8 Å². The maximum absolute atomic E-state index is 13.0. The van der Waals surface area contributed by atoms with Crippen molar-refractivity contribution < 1.29 is 9.50 Å². The Bertz CT molecular complexity index is 595. The van der Waals surface area contributed by atoms with Crippen LogP contribution in [-0.2, 0) is 0 Å². The Hall–Kier alpha value is -2.03. The van der Waals surface area contributed by atoms with Crippen molar-refractivity contribution in [1.82, 2.24) is 0 Å². The second-order valence-corrected chi connectivity index (χ2v) is 5.35. The van der Waals surface area contributed by atoms with Crippen molar-refractivity contribution in [1.29, 1.82) is 0 Å². The van der Waals surface area contributed by atoms with Crippen molar-refractivity contribution in [3.05, 3.63) is 59.4 Å². The van der Waals surface area contributed by atoms with E-state index < -0.39 is 5.82 Å². The van der Waals surface area contributed by atoms with Gasteiger partial charge < -0.3 is 10.4 Å². The molecule has 0 aliphatic rings. The van der Waals surface area contributed by atoms with E-state index in [1.807, 2.05) is 19.1 Å². The maximum atomic E-state index is 13.0. The van der Waals surface area contributed by atoms with Crippen LogP contribution in [0.3, 0.4) is 0 Å². The molecule has 2 N–H and O–H groups in total. The summed E-state index contributed by atoms with van der Waals surface area (Å²) in [7, 11) is 0. The quantitative estimate of drug-likeness (QED) is 0.836. The van der Waals surface area contributed by atoms with Crippen LogP contribution in [0.1, 0.15) is 43.9 Å². The van der Waals surface area contributed by atoms with Gasteiger partial charge in [0.1, 0.15) is 11.6 Å². The number of rotatable bonds is 4. The SMILES string of the molecule is CC(C)c1cccc(NC(C)c2ccc(F)cc2O)c1. The number of nitrogens with one attached hydrogen (secondary N) is 1. The Morgan fingerprint density at radius 2 is 1.80 bits per heavy atom. The van der Waals surface area contributed by atoms with E-state index in [1.54, 1.807) is 6.07 Å². The third-order valence-corrected chi connectivity index (χ3v) is 3.40. The van der Waals surface area contributed by atoms with Crippen molar-refractivity contribution >= 4 is 5.69 Å². The van der Waals surface area contributed by atoms with Crippen LogP contribution in [0.25, 0.3) is 0 Å². The largest absolute Gasteiger partial charge is 0.507 e. The molecule has 106 valence electrons. The molecule has 20 heavy (non-hydrogen) atoms. The summed E-state index contributed by atoms with van der Waals surface area (Å²) in [6.45, 7) is 6.23. The molecule has 3 heteroatoms. The van der Waals surface area contributed by atoms with E-state index >= 15 is 0 Å². The van der Waals surface area contributed by atoms with Crippen LogP contribution in [0.15, 0.2) is 42.5 Å². The van der Waals surface area contributed by atoms with Gasteiger partial charge in [0, 0.05) is 17.3 Å². The van der Waals surface area contributed by atoms with Crippen molar-refractivity contribution in [3.8, 4) is 5.75 Å². The number of phenolic OH excluding ortho intramolecular Hbond substituents is 1. The molecular weight excluding hydrogens is 253 g/mol. The first-order chi connectivity index (χ1) is 9.47. The molecule has 2 aromatic rings. The number of hydrogen-bond donors (Lipinski definition) is 2. The molecule has 2 rings (SSSR count). The number of aromatic hydroxyl groups is 1. The first-order valence-corrected chi connectivity index (χ1v) is 6.82. The molecule has 0 aliphatic heterocycles. The summed E-state index contributed by atoms with van der Waals surface area (Å²) in [4.78, 5) is 0. The zero-order chi connectivity index (χ0) is 14.7. The molecule has 0 saturated carbocycles. The standard InChI is InChI=1S/C17H20FNO/c1-11(2)13-5-4-6-15(9-13)19-12(3)16-8-7-14(18)10-17(16)20/h4-12,19-20H,1-3H3. The lowest BCUT2D eigenvalue weighted by Gasteiger charge is -2.18. The summed E-state index contributed by atoms with van der Waals surface area (Å²) < 4.78 is 13.0. The van der Waals surface area contributed by atoms with Crippen molar-refractivity contribution in [2.45, 2.75) is 32.7 Å². The second kappa shape index (κ2) is 5.95. The normalized spacial score (nSPS) is 12.4. The monoisotopic (exact) mass is 273 g/mol. The number of phenols is 1. The van der Waals surface area contributed by atoms with E-state index in [4.69, 9.17) is 0 Å². The Kier molecular flexibility index (Phi) is 4.28. The lowest BCUT2D eigenvalue weighted by Crippen LogP contribution is -2.07. The van der Waals surface area contributed by atoms with Gasteiger partial charge in [-0.05, 0) is 36.6 Å². The molecule has 0 heterocycles. The highest BCUT2D eigenvalue weighted by atomic mass is 19.1. The van der Waals surface area contributed by atoms with Gasteiger partial charge in [-0.3, -0.25) is 0 Å². The van der Waals surface area contributed by atoms with Crippen LogP contribution in [0, 0.1) is 5.82 Å². The average molecular weight is 273 g/mol. The third-order valence-electron chi connectivity index (χ3n) is 3.40. The molecule has 0 fully saturated rings. The van der Waals surface area contributed by atoms with Gasteiger partial charge in [-0.15, -0.1) is 0 Å². The predicted molar refractivity (Wildman–Crippen MR) is 80.6 cm³/mol. The fourth-order valence-corrected chi connectivity index (χ4v) is 2.20. The summed E-state index contributed by atoms with van der Waals surface area (Å²) in [5, 5.41) is 13.1. The van der Waals surface area contributed by atoms with E-state index in [0.29, 0.717) is 11.5 Å². The summed E-state index contributed by atoms with van der Waals surface area (Å²) in [6, 6.07) is 12.2. The minimum atomic E-state index is -0.430. The summed E-state index contributed by atoms with van der Waals surface area (Å²) in [5.74, 6) is 0.0107. The van der Waals surface area contributed by atoms with Crippen molar-refractivity contribution in [2.75, 3.05) is 5.32 Å². The maximum Gasteiger partial charge on any atom is 0.126 e. The highest BCUT2D eigenvalue weighted by Gasteiger charge is 2.11. The van der Waals surface area contributed by atoms with Crippen molar-refractivity contribution in [2.24, 2.45) is 0 Å². The Labute approximate surface area is 119 Å². The summed E-state index contributed by atoms with van der Waals surface area (Å²) >= 11 is 0. The van der Waals surface area contributed by atoms with Crippen LogP contribution in [0.4, 0.5) is 10.1 Å². The molecule has 0 amide bonds. The molecule has 1 unspecified atom stereocenters. The molecule has 0 spiro atoms. The molecule has 0 saturated heterocycles. The fraction of sp³-hybridized carbons (Fsp3) is 0.294. The van der Waals surface area contributed by atoms with Gasteiger partial charge >= 0.3 is 0 Å². The van der Waals surface area contributed by atoms with E-state index in [9.17, 15) is 9.50 Å². The topological polar surface area (TPSA) is 32.3 Å². The first-order valence-electron chi connectivity index (χ1n) is 6.82. The number of anilines is 1. The Balaban J connectivity index is 2.19.